The molecule has 1 fully saturated rings. The van der Waals surface area contributed by atoms with Crippen LogP contribution >= 0.6 is 27.7 Å². The lowest BCUT2D eigenvalue weighted by molar-refractivity contribution is -0.115. The zero-order valence-corrected chi connectivity index (χ0v) is 16.9. The Labute approximate surface area is 170 Å². The molecule has 1 aromatic heterocycles. The molecule has 134 valence electrons. The van der Waals surface area contributed by atoms with Crippen molar-refractivity contribution in [2.24, 2.45) is 4.99 Å². The van der Waals surface area contributed by atoms with Crippen molar-refractivity contribution < 1.29 is 4.79 Å². The molecular weight excluding hydrogens is 422 g/mol. The summed E-state index contributed by atoms with van der Waals surface area (Å²) in [6, 6.07) is 19.8. The third kappa shape index (κ3) is 4.07. The topological polar surface area (TPSA) is 46.4 Å². The minimum Gasteiger partial charge on any atom is -0.321 e. The maximum absolute atomic E-state index is 12.3. The number of aromatic nitrogens is 1. The van der Waals surface area contributed by atoms with Gasteiger partial charge in [0, 0.05) is 22.1 Å². The smallest absolute Gasteiger partial charge is 0.264 e. The number of rotatable bonds is 3. The molecule has 0 bridgehead atoms. The Morgan fingerprint density at radius 2 is 1.85 bits per heavy atom. The first-order valence-electron chi connectivity index (χ1n) is 8.38. The van der Waals surface area contributed by atoms with E-state index >= 15 is 0 Å². The number of nitrogens with one attached hydrogen (secondary N) is 1. The number of amidine groups is 1. The number of benzene rings is 2. The monoisotopic (exact) mass is 437 g/mol. The highest BCUT2D eigenvalue weighted by atomic mass is 79.9. The minimum absolute atomic E-state index is 0.124. The molecule has 0 atom stereocenters. The van der Waals surface area contributed by atoms with Crippen molar-refractivity contribution >= 4 is 50.5 Å². The zero-order valence-electron chi connectivity index (χ0n) is 14.5. The van der Waals surface area contributed by atoms with Crippen molar-refractivity contribution in [2.75, 3.05) is 0 Å². The van der Waals surface area contributed by atoms with Gasteiger partial charge in [0.2, 0.25) is 0 Å². The molecule has 0 spiro atoms. The summed E-state index contributed by atoms with van der Waals surface area (Å²) in [5.74, 6) is -0.124. The van der Waals surface area contributed by atoms with E-state index in [4.69, 9.17) is 0 Å². The van der Waals surface area contributed by atoms with E-state index < -0.39 is 0 Å². The Balaban J connectivity index is 1.58. The van der Waals surface area contributed by atoms with Crippen molar-refractivity contribution in [1.82, 2.24) is 9.88 Å². The van der Waals surface area contributed by atoms with E-state index in [1.807, 2.05) is 54.7 Å². The van der Waals surface area contributed by atoms with Crippen LogP contribution in [0.1, 0.15) is 11.3 Å². The summed E-state index contributed by atoms with van der Waals surface area (Å²) < 4.78 is 3.11. The molecule has 1 aliphatic heterocycles. The van der Waals surface area contributed by atoms with Crippen molar-refractivity contribution in [3.63, 3.8) is 0 Å². The van der Waals surface area contributed by atoms with E-state index in [1.54, 1.807) is 0 Å². The Bertz CT molecular complexity index is 1050. The molecule has 1 aliphatic rings. The number of nitrogens with zero attached hydrogens (tertiary/aromatic N) is 2. The molecule has 2 aromatic carbocycles. The van der Waals surface area contributed by atoms with Gasteiger partial charge < -0.3 is 9.88 Å². The average Bonchev–Trinajstić information content (AvgIpc) is 3.20. The summed E-state index contributed by atoms with van der Waals surface area (Å²) >= 11 is 4.76. The highest BCUT2D eigenvalue weighted by Gasteiger charge is 2.24. The van der Waals surface area contributed by atoms with Crippen LogP contribution in [0.25, 0.3) is 11.8 Å². The second kappa shape index (κ2) is 7.58. The van der Waals surface area contributed by atoms with E-state index in [1.165, 1.54) is 11.8 Å². The third-order valence-corrected chi connectivity index (χ3v) is 5.51. The fourth-order valence-corrected chi connectivity index (χ4v) is 3.92. The van der Waals surface area contributed by atoms with Crippen LogP contribution in [0, 0.1) is 6.92 Å². The number of carbonyl (C=O) groups excluding carboxylic acids is 1. The number of aliphatic imine (C=N–C) groups is 1. The lowest BCUT2D eigenvalue weighted by atomic mass is 10.3. The second-order valence-corrected chi connectivity index (χ2v) is 8.02. The van der Waals surface area contributed by atoms with E-state index in [-0.39, 0.29) is 5.91 Å². The lowest BCUT2D eigenvalue weighted by Crippen LogP contribution is -2.19. The van der Waals surface area contributed by atoms with E-state index in [0.717, 1.165) is 27.1 Å². The molecular formula is C21H16BrN3OS. The van der Waals surface area contributed by atoms with Gasteiger partial charge in [0.25, 0.3) is 5.91 Å². The van der Waals surface area contributed by atoms with Crippen LogP contribution < -0.4 is 5.32 Å². The molecule has 27 heavy (non-hydrogen) atoms. The standard InChI is InChI=1S/C21H16BrN3OS/c1-14-11-15(13-25(14)18-5-3-2-4-6-18)12-19-20(26)24-21(27-19)23-17-9-7-16(22)8-10-17/h2-13H,1H3,(H,23,24,26)/b19-12+. The summed E-state index contributed by atoms with van der Waals surface area (Å²) in [6.45, 7) is 2.05. The van der Waals surface area contributed by atoms with Crippen LogP contribution in [0.15, 0.2) is 81.2 Å². The van der Waals surface area contributed by atoms with Crippen LogP contribution in [0.5, 0.6) is 0 Å². The predicted octanol–water partition coefficient (Wildman–Crippen LogP) is 5.44. The highest BCUT2D eigenvalue weighted by molar-refractivity contribution is 9.10. The summed E-state index contributed by atoms with van der Waals surface area (Å²) in [5, 5.41) is 3.42. The number of halogens is 1. The summed E-state index contributed by atoms with van der Waals surface area (Å²) in [6.07, 6.45) is 3.94. The first kappa shape index (κ1) is 17.8. The Morgan fingerprint density at radius 1 is 1.11 bits per heavy atom. The first-order chi connectivity index (χ1) is 13.1. The number of para-hydroxylation sites is 1. The number of hydrogen-bond donors (Lipinski definition) is 1. The van der Waals surface area contributed by atoms with Gasteiger partial charge in [0.15, 0.2) is 5.17 Å². The Hall–Kier alpha value is -2.57. The van der Waals surface area contributed by atoms with Gasteiger partial charge in [0.05, 0.1) is 10.6 Å². The van der Waals surface area contributed by atoms with Gasteiger partial charge in [-0.1, -0.05) is 34.1 Å². The maximum Gasteiger partial charge on any atom is 0.264 e. The third-order valence-electron chi connectivity index (χ3n) is 4.07. The summed E-state index contributed by atoms with van der Waals surface area (Å²) in [7, 11) is 0. The van der Waals surface area contributed by atoms with Crippen LogP contribution in [0.3, 0.4) is 0 Å². The SMILES string of the molecule is Cc1cc(/C=C2/SC(=Nc3ccc(Br)cc3)NC2=O)cn1-c1ccccc1. The van der Waals surface area contributed by atoms with Crippen LogP contribution in [-0.2, 0) is 4.79 Å². The van der Waals surface area contributed by atoms with Crippen LogP contribution in [0.2, 0.25) is 0 Å². The summed E-state index contributed by atoms with van der Waals surface area (Å²) in [5.41, 5.74) is 3.99. The molecule has 3 aromatic rings. The normalized spacial score (nSPS) is 16.9. The maximum atomic E-state index is 12.3. The number of amides is 1. The van der Waals surface area contributed by atoms with Gasteiger partial charge in [-0.2, -0.15) is 0 Å². The first-order valence-corrected chi connectivity index (χ1v) is 9.99. The van der Waals surface area contributed by atoms with Gasteiger partial charge in [0.1, 0.15) is 0 Å². The number of hydrogen-bond acceptors (Lipinski definition) is 3. The molecule has 1 N–H and O–H groups in total. The predicted molar refractivity (Wildman–Crippen MR) is 115 cm³/mol. The van der Waals surface area contributed by atoms with Crippen molar-refractivity contribution in [3.05, 3.63) is 87.5 Å². The van der Waals surface area contributed by atoms with Gasteiger partial charge in [-0.3, -0.25) is 4.79 Å². The molecule has 0 radical (unpaired) electrons. The van der Waals surface area contributed by atoms with Gasteiger partial charge in [-0.15, -0.1) is 0 Å². The molecule has 1 saturated heterocycles. The molecule has 1 amide bonds. The molecule has 0 unspecified atom stereocenters. The molecule has 0 saturated carbocycles. The quantitative estimate of drug-likeness (QED) is 0.554. The average molecular weight is 438 g/mol. The number of thioether (sulfide) groups is 1. The van der Waals surface area contributed by atoms with Crippen molar-refractivity contribution in [3.8, 4) is 5.69 Å². The highest BCUT2D eigenvalue weighted by Crippen LogP contribution is 2.29. The van der Waals surface area contributed by atoms with E-state index in [2.05, 4.69) is 55.9 Å². The number of aryl methyl sites for hydroxylation is 1. The van der Waals surface area contributed by atoms with Gasteiger partial charge >= 0.3 is 0 Å². The Morgan fingerprint density at radius 3 is 2.59 bits per heavy atom. The number of carbonyl (C=O) groups is 1. The van der Waals surface area contributed by atoms with E-state index in [0.29, 0.717) is 10.1 Å². The minimum atomic E-state index is -0.124. The lowest BCUT2D eigenvalue weighted by Gasteiger charge is -2.04. The second-order valence-electron chi connectivity index (χ2n) is 6.08. The zero-order chi connectivity index (χ0) is 18.8. The van der Waals surface area contributed by atoms with Crippen molar-refractivity contribution in [2.45, 2.75) is 6.92 Å². The van der Waals surface area contributed by atoms with E-state index in [9.17, 15) is 4.79 Å². The van der Waals surface area contributed by atoms with Crippen molar-refractivity contribution in [1.29, 1.82) is 0 Å². The Kier molecular flexibility index (Phi) is 5.01. The molecule has 0 aliphatic carbocycles. The molecule has 2 heterocycles. The van der Waals surface area contributed by atoms with Crippen LogP contribution in [-0.4, -0.2) is 15.6 Å². The fourth-order valence-electron chi connectivity index (χ4n) is 2.81. The molecule has 4 nitrogen and oxygen atoms in total. The van der Waals surface area contributed by atoms with Gasteiger partial charge in [-0.25, -0.2) is 4.99 Å². The molecule has 6 heteroatoms. The van der Waals surface area contributed by atoms with Crippen LogP contribution in [0.4, 0.5) is 5.69 Å². The fraction of sp³-hybridized carbons (Fsp3) is 0.0476. The largest absolute Gasteiger partial charge is 0.321 e. The summed E-state index contributed by atoms with van der Waals surface area (Å²) in [4.78, 5) is 17.4. The van der Waals surface area contributed by atoms with Gasteiger partial charge in [-0.05, 0) is 72.8 Å². The molecule has 4 rings (SSSR count).